The van der Waals surface area contributed by atoms with Crippen molar-refractivity contribution in [3.8, 4) is 0 Å². The minimum Gasteiger partial charge on any atom is -0.481 e. The van der Waals surface area contributed by atoms with Gasteiger partial charge in [-0.25, -0.2) is 13.1 Å². The maximum atomic E-state index is 11.7. The van der Waals surface area contributed by atoms with Crippen molar-refractivity contribution in [3.05, 3.63) is 0 Å². The first-order chi connectivity index (χ1) is 7.39. The molecule has 6 heteroatoms. The molecule has 1 rings (SSSR count). The third-order valence-electron chi connectivity index (χ3n) is 2.94. The van der Waals surface area contributed by atoms with Gasteiger partial charge in [-0.1, -0.05) is 13.3 Å². The van der Waals surface area contributed by atoms with Gasteiger partial charge in [-0.15, -0.1) is 0 Å². The summed E-state index contributed by atoms with van der Waals surface area (Å²) in [6.07, 6.45) is 3.46. The lowest BCUT2D eigenvalue weighted by molar-refractivity contribution is -0.139. The van der Waals surface area contributed by atoms with E-state index in [-0.39, 0.29) is 12.2 Å². The Morgan fingerprint density at radius 1 is 1.44 bits per heavy atom. The van der Waals surface area contributed by atoms with Crippen LogP contribution in [0.2, 0.25) is 0 Å². The molecule has 1 fully saturated rings. The van der Waals surface area contributed by atoms with Gasteiger partial charge in [-0.05, 0) is 25.7 Å². The van der Waals surface area contributed by atoms with Gasteiger partial charge in [0.25, 0.3) is 0 Å². The molecule has 0 atom stereocenters. The molecular formula is C10H19NO4S. The fourth-order valence-corrected chi connectivity index (χ4v) is 3.63. The number of carboxylic acids is 1. The Labute approximate surface area is 96.3 Å². The summed E-state index contributed by atoms with van der Waals surface area (Å²) in [6, 6.07) is 0. The second-order valence-corrected chi connectivity index (χ2v) is 6.32. The predicted molar refractivity (Wildman–Crippen MR) is 60.7 cm³/mol. The van der Waals surface area contributed by atoms with Gasteiger partial charge in [0.2, 0.25) is 10.0 Å². The van der Waals surface area contributed by atoms with Crippen molar-refractivity contribution in [3.63, 3.8) is 0 Å². The van der Waals surface area contributed by atoms with E-state index >= 15 is 0 Å². The molecule has 0 heterocycles. The molecule has 2 N–H and O–H groups in total. The van der Waals surface area contributed by atoms with Gasteiger partial charge in [0.05, 0.1) is 12.2 Å². The van der Waals surface area contributed by atoms with E-state index in [4.69, 9.17) is 5.11 Å². The molecule has 0 bridgehead atoms. The van der Waals surface area contributed by atoms with Crippen LogP contribution in [0.5, 0.6) is 0 Å². The second-order valence-electron chi connectivity index (χ2n) is 4.48. The summed E-state index contributed by atoms with van der Waals surface area (Å²) >= 11 is 0. The SMILES string of the molecule is CCCCS(=O)(=O)NC1(CC(=O)O)CCC1. The van der Waals surface area contributed by atoms with E-state index in [1.807, 2.05) is 6.92 Å². The van der Waals surface area contributed by atoms with Crippen LogP contribution in [0.3, 0.4) is 0 Å². The summed E-state index contributed by atoms with van der Waals surface area (Å²) in [5, 5.41) is 8.75. The van der Waals surface area contributed by atoms with Crippen LogP contribution in [0.1, 0.15) is 45.4 Å². The van der Waals surface area contributed by atoms with E-state index < -0.39 is 21.5 Å². The van der Waals surface area contributed by atoms with Crippen molar-refractivity contribution >= 4 is 16.0 Å². The van der Waals surface area contributed by atoms with Crippen LogP contribution < -0.4 is 4.72 Å². The van der Waals surface area contributed by atoms with Gasteiger partial charge in [0.15, 0.2) is 0 Å². The van der Waals surface area contributed by atoms with Gasteiger partial charge in [-0.3, -0.25) is 4.79 Å². The number of nitrogens with one attached hydrogen (secondary N) is 1. The number of sulfonamides is 1. The zero-order valence-corrected chi connectivity index (χ0v) is 10.3. The Kier molecular flexibility index (Phi) is 4.32. The van der Waals surface area contributed by atoms with Gasteiger partial charge >= 0.3 is 5.97 Å². The highest BCUT2D eigenvalue weighted by Gasteiger charge is 2.41. The van der Waals surface area contributed by atoms with E-state index in [9.17, 15) is 13.2 Å². The molecule has 0 aromatic carbocycles. The number of hydrogen-bond acceptors (Lipinski definition) is 3. The summed E-state index contributed by atoms with van der Waals surface area (Å²) in [4.78, 5) is 10.7. The standard InChI is InChI=1S/C10H19NO4S/c1-2-3-7-16(14,15)11-10(5-4-6-10)8-9(12)13/h11H,2-8H2,1H3,(H,12,13). The summed E-state index contributed by atoms with van der Waals surface area (Å²) in [5.41, 5.74) is -0.710. The van der Waals surface area contributed by atoms with Crippen molar-refractivity contribution in [2.75, 3.05) is 5.75 Å². The molecule has 0 amide bonds. The molecule has 0 unspecified atom stereocenters. The summed E-state index contributed by atoms with van der Waals surface area (Å²) in [5.74, 6) is -0.858. The summed E-state index contributed by atoms with van der Waals surface area (Å²) in [6.45, 7) is 1.92. The molecule has 16 heavy (non-hydrogen) atoms. The van der Waals surface area contributed by atoms with Crippen LogP contribution in [0.4, 0.5) is 0 Å². The molecule has 0 radical (unpaired) electrons. The number of carbonyl (C=O) groups is 1. The van der Waals surface area contributed by atoms with Gasteiger partial charge in [0.1, 0.15) is 0 Å². The number of rotatable bonds is 7. The lowest BCUT2D eigenvalue weighted by atomic mass is 9.75. The third-order valence-corrected chi connectivity index (χ3v) is 4.51. The van der Waals surface area contributed by atoms with Gasteiger partial charge in [0, 0.05) is 5.54 Å². The van der Waals surface area contributed by atoms with E-state index in [0.717, 1.165) is 12.8 Å². The number of carboxylic acid groups (broad SMARTS) is 1. The summed E-state index contributed by atoms with van der Waals surface area (Å²) < 4.78 is 25.9. The molecule has 0 aliphatic heterocycles. The summed E-state index contributed by atoms with van der Waals surface area (Å²) in [7, 11) is -3.32. The fourth-order valence-electron chi connectivity index (χ4n) is 1.92. The Balaban J connectivity index is 2.59. The molecule has 94 valence electrons. The topological polar surface area (TPSA) is 83.5 Å². The zero-order chi connectivity index (χ0) is 12.2. The molecule has 0 aromatic rings. The van der Waals surface area contributed by atoms with Gasteiger partial charge < -0.3 is 5.11 Å². The maximum Gasteiger partial charge on any atom is 0.305 e. The van der Waals surface area contributed by atoms with E-state index in [1.54, 1.807) is 0 Å². The van der Waals surface area contributed by atoms with Crippen LogP contribution in [0.25, 0.3) is 0 Å². The molecule has 1 saturated carbocycles. The maximum absolute atomic E-state index is 11.7. The lowest BCUT2D eigenvalue weighted by Crippen LogP contribution is -2.55. The first kappa shape index (κ1) is 13.4. The van der Waals surface area contributed by atoms with Crippen molar-refractivity contribution in [1.82, 2.24) is 4.72 Å². The molecular weight excluding hydrogens is 230 g/mol. The smallest absolute Gasteiger partial charge is 0.305 e. The van der Waals surface area contributed by atoms with Crippen LogP contribution in [0.15, 0.2) is 0 Å². The Morgan fingerprint density at radius 2 is 2.06 bits per heavy atom. The van der Waals surface area contributed by atoms with Crippen molar-refractivity contribution < 1.29 is 18.3 Å². The number of hydrogen-bond donors (Lipinski definition) is 2. The van der Waals surface area contributed by atoms with Gasteiger partial charge in [-0.2, -0.15) is 0 Å². The molecule has 1 aliphatic carbocycles. The highest BCUT2D eigenvalue weighted by molar-refractivity contribution is 7.89. The first-order valence-corrected chi connectivity index (χ1v) is 7.28. The molecule has 0 aromatic heterocycles. The quantitative estimate of drug-likeness (QED) is 0.707. The average molecular weight is 249 g/mol. The monoisotopic (exact) mass is 249 g/mol. The van der Waals surface area contributed by atoms with Crippen molar-refractivity contribution in [2.24, 2.45) is 0 Å². The van der Waals surface area contributed by atoms with Crippen LogP contribution in [-0.4, -0.2) is 30.8 Å². The highest BCUT2D eigenvalue weighted by atomic mass is 32.2. The minimum absolute atomic E-state index is 0.0882. The minimum atomic E-state index is -3.32. The first-order valence-electron chi connectivity index (χ1n) is 5.63. The third kappa shape index (κ3) is 3.75. The normalized spacial score (nSPS) is 19.1. The van der Waals surface area contributed by atoms with E-state index in [2.05, 4.69) is 4.72 Å². The Hall–Kier alpha value is -0.620. The fraction of sp³-hybridized carbons (Fsp3) is 0.900. The molecule has 0 saturated heterocycles. The number of unbranched alkanes of at least 4 members (excludes halogenated alkanes) is 1. The largest absolute Gasteiger partial charge is 0.481 e. The van der Waals surface area contributed by atoms with Crippen molar-refractivity contribution in [1.29, 1.82) is 0 Å². The highest BCUT2D eigenvalue weighted by Crippen LogP contribution is 2.35. The van der Waals surface area contributed by atoms with Crippen LogP contribution in [-0.2, 0) is 14.8 Å². The number of aliphatic carboxylic acids is 1. The Bertz CT molecular complexity index is 346. The van der Waals surface area contributed by atoms with Crippen LogP contribution in [0, 0.1) is 0 Å². The van der Waals surface area contributed by atoms with Crippen LogP contribution >= 0.6 is 0 Å². The van der Waals surface area contributed by atoms with E-state index in [1.165, 1.54) is 0 Å². The average Bonchev–Trinajstić information content (AvgIpc) is 2.10. The lowest BCUT2D eigenvalue weighted by Gasteiger charge is -2.41. The molecule has 5 nitrogen and oxygen atoms in total. The van der Waals surface area contributed by atoms with Crippen molar-refractivity contribution in [2.45, 2.75) is 51.0 Å². The predicted octanol–water partition coefficient (Wildman–Crippen LogP) is 1.10. The second kappa shape index (κ2) is 5.14. The molecule has 0 spiro atoms. The van der Waals surface area contributed by atoms with E-state index in [0.29, 0.717) is 19.3 Å². The molecule has 1 aliphatic rings. The zero-order valence-electron chi connectivity index (χ0n) is 9.53. The Morgan fingerprint density at radius 3 is 2.44 bits per heavy atom.